The predicted molar refractivity (Wildman–Crippen MR) is 103 cm³/mol. The van der Waals surface area contributed by atoms with Crippen LogP contribution in [-0.2, 0) is 14.3 Å². The molecule has 2 atom stereocenters. The Hall–Kier alpha value is -0.570. The van der Waals surface area contributed by atoms with Crippen LogP contribution in [-0.4, -0.2) is 63.3 Å². The summed E-state index contributed by atoms with van der Waals surface area (Å²) in [5, 5.41) is 3.32. The van der Waals surface area contributed by atoms with Crippen LogP contribution in [0.5, 0.6) is 0 Å². The summed E-state index contributed by atoms with van der Waals surface area (Å²) in [7, 11) is 1.45. The number of carbonyl (C=O) groups is 1. The number of likely N-dealkylation sites (tertiary alicyclic amines) is 1. The average Bonchev–Trinajstić information content (AvgIpc) is 2.90. The number of halogens is 1. The van der Waals surface area contributed by atoms with Gasteiger partial charge in [0.2, 0.25) is 0 Å². The second-order valence-electron chi connectivity index (χ2n) is 5.65. The Bertz CT molecular complexity index is 366. The lowest BCUT2D eigenvalue weighted by molar-refractivity contribution is -0.145. The minimum absolute atomic E-state index is 0. The molecule has 0 bridgehead atoms. The summed E-state index contributed by atoms with van der Waals surface area (Å²) in [6, 6.07) is 0. The van der Waals surface area contributed by atoms with Gasteiger partial charge in [-0.2, -0.15) is 0 Å². The lowest BCUT2D eigenvalue weighted by atomic mass is 9.99. The van der Waals surface area contributed by atoms with Crippen LogP contribution < -0.4 is 5.32 Å². The number of nitrogens with one attached hydrogen (secondary N) is 1. The van der Waals surface area contributed by atoms with Gasteiger partial charge in [0.05, 0.1) is 13.0 Å². The van der Waals surface area contributed by atoms with Gasteiger partial charge in [0.15, 0.2) is 5.96 Å². The first-order valence-electron chi connectivity index (χ1n) is 8.32. The minimum Gasteiger partial charge on any atom is -0.469 e. The van der Waals surface area contributed by atoms with E-state index in [0.29, 0.717) is 6.54 Å². The topological polar surface area (TPSA) is 63.2 Å². The van der Waals surface area contributed by atoms with Crippen molar-refractivity contribution < 1.29 is 14.3 Å². The molecule has 0 spiro atoms. The molecule has 0 radical (unpaired) electrons. The van der Waals surface area contributed by atoms with Gasteiger partial charge in [-0.05, 0) is 32.6 Å². The van der Waals surface area contributed by atoms with E-state index in [2.05, 4.69) is 29.1 Å². The fourth-order valence-electron chi connectivity index (χ4n) is 2.67. The van der Waals surface area contributed by atoms with Gasteiger partial charge in [0.25, 0.3) is 0 Å². The minimum atomic E-state index is -0.123. The number of methoxy groups -OCH3 is 1. The molecule has 0 saturated carbocycles. The van der Waals surface area contributed by atoms with Crippen LogP contribution >= 0.6 is 24.0 Å². The number of rotatable bonds is 8. The number of aliphatic imine (C=N–C) groups is 1. The summed E-state index contributed by atoms with van der Waals surface area (Å²) < 4.78 is 10.2. The molecule has 136 valence electrons. The van der Waals surface area contributed by atoms with E-state index in [0.717, 1.165) is 51.6 Å². The van der Waals surface area contributed by atoms with Gasteiger partial charge in [0, 0.05) is 39.4 Å². The number of ether oxygens (including phenoxy) is 2. The molecule has 0 aliphatic carbocycles. The van der Waals surface area contributed by atoms with Crippen molar-refractivity contribution >= 4 is 35.9 Å². The molecular formula is C16H32IN3O3. The third-order valence-electron chi connectivity index (χ3n) is 3.91. The van der Waals surface area contributed by atoms with Crippen LogP contribution in [0.15, 0.2) is 4.99 Å². The lowest BCUT2D eigenvalue weighted by Gasteiger charge is -2.21. The molecule has 1 heterocycles. The average molecular weight is 441 g/mol. The Labute approximate surface area is 157 Å². The molecule has 0 aromatic carbocycles. The van der Waals surface area contributed by atoms with Gasteiger partial charge in [0.1, 0.15) is 0 Å². The molecule has 1 saturated heterocycles. The fourth-order valence-corrected chi connectivity index (χ4v) is 2.67. The molecular weight excluding hydrogens is 409 g/mol. The summed E-state index contributed by atoms with van der Waals surface area (Å²) >= 11 is 0. The first-order chi connectivity index (χ1) is 10.6. The zero-order valence-corrected chi connectivity index (χ0v) is 17.2. The molecule has 1 rings (SSSR count). The van der Waals surface area contributed by atoms with E-state index in [1.807, 2.05) is 6.92 Å². The summed E-state index contributed by atoms with van der Waals surface area (Å²) in [6.45, 7) is 10.8. The van der Waals surface area contributed by atoms with E-state index in [9.17, 15) is 4.79 Å². The van der Waals surface area contributed by atoms with E-state index in [-0.39, 0.29) is 41.8 Å². The zero-order chi connectivity index (χ0) is 16.4. The fraction of sp³-hybridized carbons (Fsp3) is 0.875. The first-order valence-corrected chi connectivity index (χ1v) is 8.32. The van der Waals surface area contributed by atoms with E-state index in [1.165, 1.54) is 7.11 Å². The van der Waals surface area contributed by atoms with Crippen molar-refractivity contribution in [2.75, 3.05) is 46.5 Å². The summed E-state index contributed by atoms with van der Waals surface area (Å²) in [5.74, 6) is 1.00. The van der Waals surface area contributed by atoms with Crippen molar-refractivity contribution in [3.8, 4) is 0 Å². The zero-order valence-electron chi connectivity index (χ0n) is 14.8. The molecule has 1 fully saturated rings. The SMILES string of the molecule is CCNC(=NCCCCOCC)N1CC(C)C(C(=O)OC)C1.I. The quantitative estimate of drug-likeness (QED) is 0.206. The Morgan fingerprint density at radius 3 is 2.65 bits per heavy atom. The predicted octanol–water partition coefficient (Wildman–Crippen LogP) is 2.13. The van der Waals surface area contributed by atoms with Crippen LogP contribution in [0.1, 0.15) is 33.6 Å². The highest BCUT2D eigenvalue weighted by molar-refractivity contribution is 14.0. The van der Waals surface area contributed by atoms with Crippen LogP contribution in [0.4, 0.5) is 0 Å². The lowest BCUT2D eigenvalue weighted by Crippen LogP contribution is -2.40. The smallest absolute Gasteiger partial charge is 0.310 e. The Kier molecular flexibility index (Phi) is 12.5. The van der Waals surface area contributed by atoms with Gasteiger partial charge in [-0.25, -0.2) is 0 Å². The van der Waals surface area contributed by atoms with E-state index in [4.69, 9.17) is 9.47 Å². The first kappa shape index (κ1) is 22.4. The Morgan fingerprint density at radius 1 is 1.30 bits per heavy atom. The van der Waals surface area contributed by atoms with Gasteiger partial charge in [-0.3, -0.25) is 9.79 Å². The summed E-state index contributed by atoms with van der Waals surface area (Å²) in [6.07, 6.45) is 2.04. The van der Waals surface area contributed by atoms with Crippen molar-refractivity contribution in [2.24, 2.45) is 16.8 Å². The number of esters is 1. The molecule has 6 nitrogen and oxygen atoms in total. The maximum Gasteiger partial charge on any atom is 0.310 e. The molecule has 1 N–H and O–H groups in total. The third-order valence-corrected chi connectivity index (χ3v) is 3.91. The van der Waals surface area contributed by atoms with Gasteiger partial charge < -0.3 is 19.7 Å². The molecule has 1 aliphatic heterocycles. The van der Waals surface area contributed by atoms with E-state index < -0.39 is 0 Å². The summed E-state index contributed by atoms with van der Waals surface area (Å²) in [4.78, 5) is 18.6. The number of hydrogen-bond donors (Lipinski definition) is 1. The normalized spacial score (nSPS) is 21.0. The van der Waals surface area contributed by atoms with E-state index >= 15 is 0 Å². The van der Waals surface area contributed by atoms with Crippen LogP contribution in [0.25, 0.3) is 0 Å². The highest BCUT2D eigenvalue weighted by Crippen LogP contribution is 2.24. The number of hydrogen-bond acceptors (Lipinski definition) is 4. The van der Waals surface area contributed by atoms with Crippen molar-refractivity contribution in [3.63, 3.8) is 0 Å². The summed E-state index contributed by atoms with van der Waals surface area (Å²) in [5.41, 5.74) is 0. The standard InChI is InChI=1S/C16H31N3O3.HI/c1-5-17-16(18-9-7-8-10-22-6-2)19-11-13(3)14(12-19)15(20)21-4;/h13-14H,5-12H2,1-4H3,(H,17,18);1H. The maximum atomic E-state index is 11.8. The van der Waals surface area contributed by atoms with Gasteiger partial charge in [-0.15, -0.1) is 24.0 Å². The monoisotopic (exact) mass is 441 g/mol. The van der Waals surface area contributed by atoms with Crippen molar-refractivity contribution in [1.82, 2.24) is 10.2 Å². The highest BCUT2D eigenvalue weighted by Gasteiger charge is 2.36. The van der Waals surface area contributed by atoms with Crippen LogP contribution in [0.3, 0.4) is 0 Å². The van der Waals surface area contributed by atoms with Crippen LogP contribution in [0, 0.1) is 11.8 Å². The van der Waals surface area contributed by atoms with Crippen molar-refractivity contribution in [2.45, 2.75) is 33.6 Å². The molecule has 1 aliphatic rings. The molecule has 2 unspecified atom stereocenters. The molecule has 0 aromatic rings. The van der Waals surface area contributed by atoms with Gasteiger partial charge >= 0.3 is 5.97 Å². The number of unbranched alkanes of at least 4 members (excludes halogenated alkanes) is 1. The number of carbonyl (C=O) groups excluding carboxylic acids is 1. The number of guanidine groups is 1. The number of nitrogens with zero attached hydrogens (tertiary/aromatic N) is 2. The molecule has 0 amide bonds. The molecule has 0 aromatic heterocycles. The van der Waals surface area contributed by atoms with Crippen molar-refractivity contribution in [1.29, 1.82) is 0 Å². The van der Waals surface area contributed by atoms with Crippen LogP contribution in [0.2, 0.25) is 0 Å². The second-order valence-corrected chi connectivity index (χ2v) is 5.65. The van der Waals surface area contributed by atoms with Crippen molar-refractivity contribution in [3.05, 3.63) is 0 Å². The second kappa shape index (κ2) is 12.8. The Balaban J connectivity index is 0.00000484. The maximum absolute atomic E-state index is 11.8. The highest BCUT2D eigenvalue weighted by atomic mass is 127. The third kappa shape index (κ3) is 7.69. The molecule has 7 heteroatoms. The largest absolute Gasteiger partial charge is 0.469 e. The van der Waals surface area contributed by atoms with Gasteiger partial charge in [-0.1, -0.05) is 6.92 Å². The van der Waals surface area contributed by atoms with E-state index in [1.54, 1.807) is 0 Å². The molecule has 23 heavy (non-hydrogen) atoms. The Morgan fingerprint density at radius 2 is 2.04 bits per heavy atom.